The standard InChI is InChI=1S/C12H20N4/c1-2-10-7-8-14-12(15-10)16-11-5-3-9(13)4-6-11/h7-9,11H,2-6,13H2,1H3,(H,14,15,16). The third-order valence-electron chi connectivity index (χ3n) is 3.18. The summed E-state index contributed by atoms with van der Waals surface area (Å²) >= 11 is 0. The average Bonchev–Trinajstić information content (AvgIpc) is 2.32. The molecule has 4 nitrogen and oxygen atoms in total. The predicted octanol–water partition coefficient (Wildman–Crippen LogP) is 1.72. The summed E-state index contributed by atoms with van der Waals surface area (Å²) in [4.78, 5) is 8.70. The molecule has 1 fully saturated rings. The van der Waals surface area contributed by atoms with Crippen LogP contribution in [0, 0.1) is 0 Å². The second kappa shape index (κ2) is 5.25. The molecule has 16 heavy (non-hydrogen) atoms. The normalized spacial score (nSPS) is 25.4. The van der Waals surface area contributed by atoms with Crippen LogP contribution in [0.2, 0.25) is 0 Å². The van der Waals surface area contributed by atoms with E-state index in [0.717, 1.165) is 43.7 Å². The molecule has 1 saturated carbocycles. The van der Waals surface area contributed by atoms with E-state index in [1.54, 1.807) is 0 Å². The first-order valence-corrected chi connectivity index (χ1v) is 6.12. The first-order chi connectivity index (χ1) is 7.78. The van der Waals surface area contributed by atoms with Crippen LogP contribution in [0.15, 0.2) is 12.3 Å². The lowest BCUT2D eigenvalue weighted by molar-refractivity contribution is 0.410. The van der Waals surface area contributed by atoms with E-state index in [9.17, 15) is 0 Å². The van der Waals surface area contributed by atoms with Crippen LogP contribution in [0.3, 0.4) is 0 Å². The Bertz CT molecular complexity index is 332. The van der Waals surface area contributed by atoms with E-state index in [0.29, 0.717) is 12.1 Å². The Labute approximate surface area is 96.7 Å². The van der Waals surface area contributed by atoms with Gasteiger partial charge in [0.25, 0.3) is 0 Å². The van der Waals surface area contributed by atoms with Gasteiger partial charge in [0.05, 0.1) is 0 Å². The number of hydrogen-bond donors (Lipinski definition) is 2. The molecule has 1 aromatic rings. The number of aryl methyl sites for hydroxylation is 1. The number of nitrogens with zero attached hydrogens (tertiary/aromatic N) is 2. The quantitative estimate of drug-likeness (QED) is 0.814. The minimum absolute atomic E-state index is 0.390. The van der Waals surface area contributed by atoms with Crippen LogP contribution in [0.25, 0.3) is 0 Å². The number of nitrogens with two attached hydrogens (primary N) is 1. The van der Waals surface area contributed by atoms with Gasteiger partial charge in [-0.15, -0.1) is 0 Å². The second-order valence-electron chi connectivity index (χ2n) is 4.48. The van der Waals surface area contributed by atoms with Crippen molar-refractivity contribution < 1.29 is 0 Å². The summed E-state index contributed by atoms with van der Waals surface area (Å²) < 4.78 is 0. The van der Waals surface area contributed by atoms with E-state index in [4.69, 9.17) is 5.73 Å². The molecule has 0 spiro atoms. The third-order valence-corrected chi connectivity index (χ3v) is 3.18. The zero-order valence-electron chi connectivity index (χ0n) is 9.82. The molecule has 1 aliphatic rings. The van der Waals surface area contributed by atoms with Gasteiger partial charge in [-0.2, -0.15) is 0 Å². The van der Waals surface area contributed by atoms with Crippen molar-refractivity contribution in [1.29, 1.82) is 0 Å². The van der Waals surface area contributed by atoms with Crippen LogP contribution >= 0.6 is 0 Å². The van der Waals surface area contributed by atoms with Crippen molar-refractivity contribution in [1.82, 2.24) is 9.97 Å². The van der Waals surface area contributed by atoms with E-state index in [1.165, 1.54) is 0 Å². The maximum absolute atomic E-state index is 5.88. The summed E-state index contributed by atoms with van der Waals surface area (Å²) in [6.07, 6.45) is 7.23. The fraction of sp³-hybridized carbons (Fsp3) is 0.667. The highest BCUT2D eigenvalue weighted by atomic mass is 15.1. The Morgan fingerprint density at radius 1 is 1.38 bits per heavy atom. The van der Waals surface area contributed by atoms with Gasteiger partial charge in [0, 0.05) is 24.0 Å². The Morgan fingerprint density at radius 3 is 2.81 bits per heavy atom. The van der Waals surface area contributed by atoms with Gasteiger partial charge in [-0.1, -0.05) is 6.92 Å². The molecule has 0 aromatic carbocycles. The van der Waals surface area contributed by atoms with E-state index < -0.39 is 0 Å². The first kappa shape index (κ1) is 11.3. The zero-order chi connectivity index (χ0) is 11.4. The predicted molar refractivity (Wildman–Crippen MR) is 65.3 cm³/mol. The van der Waals surface area contributed by atoms with E-state index in [-0.39, 0.29) is 0 Å². The monoisotopic (exact) mass is 220 g/mol. The molecule has 0 aliphatic heterocycles. The lowest BCUT2D eigenvalue weighted by Crippen LogP contribution is -2.33. The number of nitrogens with one attached hydrogen (secondary N) is 1. The van der Waals surface area contributed by atoms with Gasteiger partial charge in [-0.05, 0) is 38.2 Å². The Balaban J connectivity index is 1.93. The van der Waals surface area contributed by atoms with Gasteiger partial charge >= 0.3 is 0 Å². The SMILES string of the molecule is CCc1ccnc(NC2CCC(N)CC2)n1. The van der Waals surface area contributed by atoms with E-state index in [2.05, 4.69) is 22.2 Å². The lowest BCUT2D eigenvalue weighted by Gasteiger charge is -2.26. The summed E-state index contributed by atoms with van der Waals surface area (Å²) in [5.41, 5.74) is 6.96. The molecule has 0 unspecified atom stereocenters. The summed E-state index contributed by atoms with van der Waals surface area (Å²) in [5, 5.41) is 3.40. The van der Waals surface area contributed by atoms with Gasteiger partial charge in [0.2, 0.25) is 5.95 Å². The number of rotatable bonds is 3. The van der Waals surface area contributed by atoms with Crippen LogP contribution in [0.4, 0.5) is 5.95 Å². The maximum Gasteiger partial charge on any atom is 0.223 e. The van der Waals surface area contributed by atoms with Crippen molar-refractivity contribution in [3.05, 3.63) is 18.0 Å². The molecular weight excluding hydrogens is 200 g/mol. The maximum atomic E-state index is 5.88. The minimum Gasteiger partial charge on any atom is -0.351 e. The third kappa shape index (κ3) is 2.92. The smallest absolute Gasteiger partial charge is 0.223 e. The largest absolute Gasteiger partial charge is 0.351 e. The summed E-state index contributed by atoms with van der Waals surface area (Å²) in [7, 11) is 0. The van der Waals surface area contributed by atoms with Crippen molar-refractivity contribution in [2.24, 2.45) is 5.73 Å². The summed E-state index contributed by atoms with van der Waals surface area (Å²) in [5.74, 6) is 0.764. The van der Waals surface area contributed by atoms with Crippen LogP contribution in [0.1, 0.15) is 38.3 Å². The number of hydrogen-bond acceptors (Lipinski definition) is 4. The van der Waals surface area contributed by atoms with Crippen LogP contribution in [-0.4, -0.2) is 22.1 Å². The first-order valence-electron chi connectivity index (χ1n) is 6.12. The van der Waals surface area contributed by atoms with Crippen molar-refractivity contribution >= 4 is 5.95 Å². The molecule has 1 aliphatic carbocycles. The lowest BCUT2D eigenvalue weighted by atomic mass is 9.92. The molecule has 1 aromatic heterocycles. The average molecular weight is 220 g/mol. The Hall–Kier alpha value is -1.16. The van der Waals surface area contributed by atoms with Crippen LogP contribution < -0.4 is 11.1 Å². The fourth-order valence-corrected chi connectivity index (χ4v) is 2.11. The topological polar surface area (TPSA) is 63.8 Å². The van der Waals surface area contributed by atoms with Gasteiger partial charge in [0.1, 0.15) is 0 Å². The van der Waals surface area contributed by atoms with Crippen molar-refractivity contribution in [3.63, 3.8) is 0 Å². The molecule has 88 valence electrons. The molecule has 1 heterocycles. The summed E-state index contributed by atoms with van der Waals surface area (Å²) in [6, 6.07) is 2.84. The molecule has 0 atom stereocenters. The van der Waals surface area contributed by atoms with Crippen molar-refractivity contribution in [2.45, 2.75) is 51.1 Å². The molecule has 0 saturated heterocycles. The van der Waals surface area contributed by atoms with Crippen molar-refractivity contribution in [2.75, 3.05) is 5.32 Å². The highest BCUT2D eigenvalue weighted by molar-refractivity contribution is 5.27. The molecule has 0 amide bonds. The van der Waals surface area contributed by atoms with Gasteiger partial charge in [0.15, 0.2) is 0 Å². The summed E-state index contributed by atoms with van der Waals surface area (Å²) in [6.45, 7) is 2.10. The Morgan fingerprint density at radius 2 is 2.12 bits per heavy atom. The van der Waals surface area contributed by atoms with Gasteiger partial charge in [-0.25, -0.2) is 9.97 Å². The number of aromatic nitrogens is 2. The highest BCUT2D eigenvalue weighted by Gasteiger charge is 2.18. The molecular formula is C12H20N4. The Kier molecular flexibility index (Phi) is 3.72. The van der Waals surface area contributed by atoms with E-state index in [1.807, 2.05) is 12.3 Å². The highest BCUT2D eigenvalue weighted by Crippen LogP contribution is 2.19. The van der Waals surface area contributed by atoms with Crippen molar-refractivity contribution in [3.8, 4) is 0 Å². The van der Waals surface area contributed by atoms with E-state index >= 15 is 0 Å². The van der Waals surface area contributed by atoms with Crippen LogP contribution in [-0.2, 0) is 6.42 Å². The van der Waals surface area contributed by atoms with Gasteiger partial charge < -0.3 is 11.1 Å². The molecule has 0 radical (unpaired) electrons. The second-order valence-corrected chi connectivity index (χ2v) is 4.48. The minimum atomic E-state index is 0.390. The van der Waals surface area contributed by atoms with Crippen LogP contribution in [0.5, 0.6) is 0 Å². The van der Waals surface area contributed by atoms with Gasteiger partial charge in [-0.3, -0.25) is 0 Å². The zero-order valence-corrected chi connectivity index (χ0v) is 9.82. The number of anilines is 1. The molecule has 3 N–H and O–H groups in total. The fourth-order valence-electron chi connectivity index (χ4n) is 2.11. The molecule has 2 rings (SSSR count). The molecule has 4 heteroatoms. The molecule has 0 bridgehead atoms.